The van der Waals surface area contributed by atoms with Crippen LogP contribution in [0.4, 0.5) is 0 Å². The van der Waals surface area contributed by atoms with Crippen LogP contribution in [0.3, 0.4) is 0 Å². The number of carbonyl (C=O) groups excluding carboxylic acids is 2. The zero-order valence-corrected chi connectivity index (χ0v) is 18.0. The van der Waals surface area contributed by atoms with Gasteiger partial charge in [-0.25, -0.2) is 9.78 Å². The van der Waals surface area contributed by atoms with Crippen LogP contribution in [0, 0.1) is 0 Å². The van der Waals surface area contributed by atoms with E-state index in [9.17, 15) is 0 Å². The van der Waals surface area contributed by atoms with Crippen LogP contribution in [-0.2, 0) is 32.2 Å². The minimum absolute atomic E-state index is 0.400. The maximum atomic E-state index is 9.06. The summed E-state index contributed by atoms with van der Waals surface area (Å²) < 4.78 is 0. The Hall–Kier alpha value is -2.38. The summed E-state index contributed by atoms with van der Waals surface area (Å²) in [6.45, 7) is 12.0. The molecule has 6 heteroatoms. The van der Waals surface area contributed by atoms with Crippen LogP contribution in [0.2, 0.25) is 0 Å². The van der Waals surface area contributed by atoms with E-state index in [-0.39, 0.29) is 0 Å². The van der Waals surface area contributed by atoms with Crippen molar-refractivity contribution in [1.29, 1.82) is 0 Å². The highest BCUT2D eigenvalue weighted by molar-refractivity contribution is 5.17. The molecule has 6 nitrogen and oxygen atoms in total. The van der Waals surface area contributed by atoms with Gasteiger partial charge >= 0.3 is 0 Å². The standard InChI is InChI=1S/C17H20O4.2C2H6.2CH2O/c18-20-16(11-14-7-3-1-4-8-14)13-17(21-19)12-15-9-5-2-6-10-15;4*1-2/h1-10,16-19H,11-13H2;2*1-2H3;2*1H2. The normalized spacial score (nSPS) is 10.7. The summed E-state index contributed by atoms with van der Waals surface area (Å²) in [4.78, 5) is 25.1. The van der Waals surface area contributed by atoms with E-state index in [1.165, 1.54) is 0 Å². The van der Waals surface area contributed by atoms with Gasteiger partial charge in [-0.3, -0.25) is 10.5 Å². The first-order valence-corrected chi connectivity index (χ1v) is 9.58. The summed E-state index contributed by atoms with van der Waals surface area (Å²) in [5.74, 6) is 0. The molecule has 0 spiro atoms. The minimum Gasteiger partial charge on any atom is -0.307 e. The van der Waals surface area contributed by atoms with Crippen molar-refractivity contribution >= 4 is 13.6 Å². The fourth-order valence-electron chi connectivity index (χ4n) is 2.37. The van der Waals surface area contributed by atoms with E-state index >= 15 is 0 Å². The largest absolute Gasteiger partial charge is 0.307 e. The van der Waals surface area contributed by atoms with Gasteiger partial charge in [0.1, 0.15) is 13.6 Å². The van der Waals surface area contributed by atoms with E-state index in [4.69, 9.17) is 20.1 Å². The molecule has 164 valence electrons. The molecule has 0 aliphatic rings. The Kier molecular flexibility index (Phi) is 27.7. The van der Waals surface area contributed by atoms with Gasteiger partial charge < -0.3 is 9.59 Å². The zero-order chi connectivity index (χ0) is 22.9. The minimum atomic E-state index is -0.423. The number of benzene rings is 2. The zero-order valence-electron chi connectivity index (χ0n) is 18.0. The topological polar surface area (TPSA) is 93.1 Å². The molecule has 2 aromatic carbocycles. The van der Waals surface area contributed by atoms with Crippen molar-refractivity contribution in [1.82, 2.24) is 0 Å². The maximum Gasteiger partial charge on any atom is 0.106 e. The van der Waals surface area contributed by atoms with Crippen molar-refractivity contribution in [3.63, 3.8) is 0 Å². The van der Waals surface area contributed by atoms with Crippen LogP contribution in [0.25, 0.3) is 0 Å². The Morgan fingerprint density at radius 3 is 1.17 bits per heavy atom. The monoisotopic (exact) mass is 408 g/mol. The number of hydrogen-bond acceptors (Lipinski definition) is 6. The van der Waals surface area contributed by atoms with Gasteiger partial charge in [0.05, 0.1) is 12.2 Å². The van der Waals surface area contributed by atoms with Crippen LogP contribution in [0.5, 0.6) is 0 Å². The van der Waals surface area contributed by atoms with E-state index < -0.39 is 12.2 Å². The summed E-state index contributed by atoms with van der Waals surface area (Å²) in [5.41, 5.74) is 2.13. The van der Waals surface area contributed by atoms with Crippen molar-refractivity contribution in [3.05, 3.63) is 71.8 Å². The first kappa shape index (κ1) is 31.3. The summed E-state index contributed by atoms with van der Waals surface area (Å²) >= 11 is 0. The fraction of sp³-hybridized carbons (Fsp3) is 0.391. The first-order chi connectivity index (χ1) is 14.3. The lowest BCUT2D eigenvalue weighted by Crippen LogP contribution is -2.25. The molecule has 0 saturated carbocycles. The molecule has 2 unspecified atom stereocenters. The Bertz CT molecular complexity index is 486. The van der Waals surface area contributed by atoms with Gasteiger partial charge in [-0.15, -0.1) is 0 Å². The molecule has 0 amide bonds. The summed E-state index contributed by atoms with van der Waals surface area (Å²) in [7, 11) is 0. The van der Waals surface area contributed by atoms with E-state index in [0.29, 0.717) is 19.3 Å². The van der Waals surface area contributed by atoms with Crippen LogP contribution in [0.1, 0.15) is 45.2 Å². The second kappa shape index (κ2) is 25.6. The van der Waals surface area contributed by atoms with Gasteiger partial charge in [0.2, 0.25) is 0 Å². The van der Waals surface area contributed by atoms with Crippen LogP contribution >= 0.6 is 0 Å². The average Bonchev–Trinajstić information content (AvgIpc) is 2.84. The SMILES string of the molecule is C=O.C=O.CC.CC.OOC(Cc1ccccc1)CC(Cc1ccccc1)OO. The quantitative estimate of drug-likeness (QED) is 0.457. The van der Waals surface area contributed by atoms with E-state index in [1.807, 2.05) is 102 Å². The highest BCUT2D eigenvalue weighted by Crippen LogP contribution is 2.15. The Morgan fingerprint density at radius 2 is 0.931 bits per heavy atom. The second-order valence-corrected chi connectivity index (χ2v) is 5.07. The molecule has 0 heterocycles. The molecule has 2 aromatic rings. The van der Waals surface area contributed by atoms with Gasteiger partial charge in [0, 0.05) is 19.3 Å². The molecular formula is C23H36O6. The summed E-state index contributed by atoms with van der Waals surface area (Å²) in [5, 5.41) is 18.1. The van der Waals surface area contributed by atoms with Crippen molar-refractivity contribution in [2.75, 3.05) is 0 Å². The fourth-order valence-corrected chi connectivity index (χ4v) is 2.37. The summed E-state index contributed by atoms with van der Waals surface area (Å²) in [6, 6.07) is 19.5. The number of carbonyl (C=O) groups is 2. The predicted molar refractivity (Wildman–Crippen MR) is 117 cm³/mol. The van der Waals surface area contributed by atoms with Crippen molar-refractivity contribution in [2.24, 2.45) is 0 Å². The first-order valence-electron chi connectivity index (χ1n) is 9.58. The number of hydrogen-bond donors (Lipinski definition) is 2. The molecule has 0 fully saturated rings. The molecule has 0 saturated heterocycles. The molecule has 0 aliphatic carbocycles. The lowest BCUT2D eigenvalue weighted by Gasteiger charge is -2.19. The molecule has 2 atom stereocenters. The van der Waals surface area contributed by atoms with Gasteiger partial charge in [0.25, 0.3) is 0 Å². The van der Waals surface area contributed by atoms with E-state index in [2.05, 4.69) is 9.78 Å². The Labute approximate surface area is 175 Å². The Morgan fingerprint density at radius 1 is 0.655 bits per heavy atom. The molecule has 0 aliphatic heterocycles. The third-order valence-corrected chi connectivity index (χ3v) is 3.44. The third-order valence-electron chi connectivity index (χ3n) is 3.44. The smallest absolute Gasteiger partial charge is 0.106 e. The molecule has 2 rings (SSSR count). The lowest BCUT2D eigenvalue weighted by molar-refractivity contribution is -0.312. The highest BCUT2D eigenvalue weighted by atomic mass is 17.1. The van der Waals surface area contributed by atoms with Crippen molar-refractivity contribution in [2.45, 2.75) is 59.2 Å². The van der Waals surface area contributed by atoms with Gasteiger partial charge in [-0.05, 0) is 11.1 Å². The van der Waals surface area contributed by atoms with Gasteiger partial charge in [-0.2, -0.15) is 0 Å². The van der Waals surface area contributed by atoms with Gasteiger partial charge in [0.15, 0.2) is 0 Å². The van der Waals surface area contributed by atoms with Crippen LogP contribution in [0.15, 0.2) is 60.7 Å². The highest BCUT2D eigenvalue weighted by Gasteiger charge is 2.19. The molecule has 0 aromatic heterocycles. The molecular weight excluding hydrogens is 372 g/mol. The van der Waals surface area contributed by atoms with Crippen LogP contribution < -0.4 is 0 Å². The van der Waals surface area contributed by atoms with E-state index in [0.717, 1.165) is 11.1 Å². The lowest BCUT2D eigenvalue weighted by atomic mass is 9.99. The van der Waals surface area contributed by atoms with Crippen molar-refractivity contribution in [3.8, 4) is 0 Å². The van der Waals surface area contributed by atoms with Gasteiger partial charge in [-0.1, -0.05) is 88.4 Å². The molecule has 29 heavy (non-hydrogen) atoms. The predicted octanol–water partition coefficient (Wildman–Crippen LogP) is 5.26. The summed E-state index contributed by atoms with van der Waals surface area (Å²) in [6.07, 6.45) is 0.677. The Balaban J connectivity index is -0.000000754. The van der Waals surface area contributed by atoms with E-state index in [1.54, 1.807) is 0 Å². The second-order valence-electron chi connectivity index (χ2n) is 5.07. The maximum absolute atomic E-state index is 9.06. The molecule has 0 radical (unpaired) electrons. The number of rotatable bonds is 8. The average molecular weight is 409 g/mol. The van der Waals surface area contributed by atoms with Crippen LogP contribution in [-0.4, -0.2) is 36.3 Å². The molecule has 0 bridgehead atoms. The third kappa shape index (κ3) is 16.3. The van der Waals surface area contributed by atoms with Crippen molar-refractivity contribution < 1.29 is 29.9 Å². The molecule has 2 N–H and O–H groups in total.